The predicted octanol–water partition coefficient (Wildman–Crippen LogP) is 6.00. The maximum Gasteiger partial charge on any atom is 0.258 e. The van der Waals surface area contributed by atoms with Crippen LogP contribution in [0.2, 0.25) is 0 Å². The summed E-state index contributed by atoms with van der Waals surface area (Å²) in [6.07, 6.45) is 4.00. The lowest BCUT2D eigenvalue weighted by atomic mass is 9.96. The van der Waals surface area contributed by atoms with E-state index in [1.165, 1.54) is 60.0 Å². The lowest BCUT2D eigenvalue weighted by Crippen LogP contribution is -2.79. The molecule has 8 rings (SSSR count). The van der Waals surface area contributed by atoms with Crippen LogP contribution in [0.5, 0.6) is 0 Å². The van der Waals surface area contributed by atoms with Crippen molar-refractivity contribution >= 4 is 45.9 Å². The molecule has 0 fully saturated rings. The van der Waals surface area contributed by atoms with Crippen LogP contribution in [0.4, 0.5) is 11.4 Å². The molecule has 0 saturated carbocycles. The average Bonchev–Trinajstić information content (AvgIpc) is 2.97. The minimum Gasteiger partial charge on any atom is -0.353 e. The smallest absolute Gasteiger partial charge is 0.258 e. The summed E-state index contributed by atoms with van der Waals surface area (Å²) in [4.78, 5) is 4.68. The van der Waals surface area contributed by atoms with Crippen LogP contribution in [0.3, 0.4) is 0 Å². The summed E-state index contributed by atoms with van der Waals surface area (Å²) in [6.45, 7) is 0. The van der Waals surface area contributed by atoms with Crippen molar-refractivity contribution in [3.63, 3.8) is 0 Å². The molecule has 0 radical (unpaired) electrons. The molecule has 0 spiro atoms. The number of rotatable bonds is 1. The third-order valence-electron chi connectivity index (χ3n) is 7.91. The fourth-order valence-corrected chi connectivity index (χ4v) is 11.9. The van der Waals surface area contributed by atoms with Crippen molar-refractivity contribution in [3.8, 4) is 22.3 Å². The normalized spacial score (nSPS) is 16.9. The summed E-state index contributed by atoms with van der Waals surface area (Å²) in [5, 5.41) is 6.79. The molecule has 3 heteroatoms. The molecule has 0 N–H and O–H groups in total. The predicted molar refractivity (Wildman–Crippen MR) is 152 cm³/mol. The van der Waals surface area contributed by atoms with Crippen LogP contribution >= 0.6 is 0 Å². The molecule has 1 aromatic heterocycles. The summed E-state index contributed by atoms with van der Waals surface area (Å²) >= 11 is 0. The summed E-state index contributed by atoms with van der Waals surface area (Å²) in [6, 6.07) is 44.9. The Hall–Kier alpha value is -4.47. The summed E-state index contributed by atoms with van der Waals surface area (Å²) in [7, 11) is -2.74. The van der Waals surface area contributed by atoms with E-state index in [9.17, 15) is 0 Å². The van der Waals surface area contributed by atoms with Crippen molar-refractivity contribution in [2.45, 2.75) is 0 Å². The molecule has 36 heavy (non-hydrogen) atoms. The van der Waals surface area contributed by atoms with Gasteiger partial charge in [-0.2, -0.15) is 0 Å². The topological polar surface area (TPSA) is 16.1 Å². The molecule has 3 heterocycles. The Morgan fingerprint density at radius 2 is 1.19 bits per heavy atom. The molecule has 0 bridgehead atoms. The average molecular weight is 475 g/mol. The standard InChI is InChI=1S/C33H22N2Si/c1-2-11-24(12-3-1)36-31-16-8-6-14-27(31)26-20-21-34-22-30(26)35(36)33-25-13-5-4-10-23(25)18-19-29(33)28-15-7-9-17-32(28)36/h1-22H. The van der Waals surface area contributed by atoms with Gasteiger partial charge in [-0.15, -0.1) is 0 Å². The van der Waals surface area contributed by atoms with Gasteiger partial charge in [-0.3, -0.25) is 4.98 Å². The van der Waals surface area contributed by atoms with Crippen LogP contribution in [0, 0.1) is 0 Å². The molecular weight excluding hydrogens is 452 g/mol. The second-order valence-electron chi connectivity index (χ2n) is 9.58. The third-order valence-corrected chi connectivity index (χ3v) is 12.6. The highest BCUT2D eigenvalue weighted by atomic mass is 28.3. The van der Waals surface area contributed by atoms with E-state index >= 15 is 0 Å². The van der Waals surface area contributed by atoms with Gasteiger partial charge in [0.1, 0.15) is 0 Å². The van der Waals surface area contributed by atoms with E-state index < -0.39 is 8.24 Å². The highest BCUT2D eigenvalue weighted by Gasteiger charge is 2.55. The molecule has 6 aromatic rings. The van der Waals surface area contributed by atoms with E-state index in [-0.39, 0.29) is 0 Å². The second-order valence-corrected chi connectivity index (χ2v) is 13.1. The van der Waals surface area contributed by atoms with Gasteiger partial charge in [-0.05, 0) is 38.1 Å². The van der Waals surface area contributed by atoms with Crippen LogP contribution < -0.4 is 20.1 Å². The van der Waals surface area contributed by atoms with Crippen molar-refractivity contribution in [2.75, 3.05) is 4.57 Å². The monoisotopic (exact) mass is 474 g/mol. The molecule has 2 aliphatic rings. The van der Waals surface area contributed by atoms with Crippen molar-refractivity contribution in [2.24, 2.45) is 0 Å². The minimum absolute atomic E-state index is 1.19. The highest BCUT2D eigenvalue weighted by molar-refractivity contribution is 7.16. The number of hydrogen-bond donors (Lipinski definition) is 0. The lowest BCUT2D eigenvalue weighted by molar-refractivity contribution is 1.26. The van der Waals surface area contributed by atoms with Crippen LogP contribution in [0.25, 0.3) is 33.0 Å². The van der Waals surface area contributed by atoms with E-state index in [0.717, 1.165) is 0 Å². The number of benzene rings is 5. The Balaban J connectivity index is 1.66. The summed E-state index contributed by atoms with van der Waals surface area (Å²) < 4.78 is 2.72. The SMILES string of the molecule is c1ccc([Si]23c4ccccc4-c4ccncc4N2c2c(ccc4ccccc24)-c2ccccc23)cc1. The first-order valence-corrected chi connectivity index (χ1v) is 14.3. The van der Waals surface area contributed by atoms with Gasteiger partial charge in [0.25, 0.3) is 8.24 Å². The number of fused-ring (bicyclic) bond motifs is 13. The van der Waals surface area contributed by atoms with Gasteiger partial charge in [0.15, 0.2) is 0 Å². The van der Waals surface area contributed by atoms with Gasteiger partial charge in [-0.25, -0.2) is 0 Å². The quantitative estimate of drug-likeness (QED) is 0.272. The van der Waals surface area contributed by atoms with Gasteiger partial charge < -0.3 is 4.57 Å². The summed E-state index contributed by atoms with van der Waals surface area (Å²) in [5.41, 5.74) is 7.69. The van der Waals surface area contributed by atoms with Gasteiger partial charge >= 0.3 is 0 Å². The number of aromatic nitrogens is 1. The van der Waals surface area contributed by atoms with Crippen molar-refractivity contribution in [1.29, 1.82) is 0 Å². The Morgan fingerprint density at radius 1 is 0.528 bits per heavy atom. The largest absolute Gasteiger partial charge is 0.353 e. The fraction of sp³-hybridized carbons (Fsp3) is 0. The van der Waals surface area contributed by atoms with Gasteiger partial charge in [-0.1, -0.05) is 115 Å². The van der Waals surface area contributed by atoms with Crippen molar-refractivity contribution < 1.29 is 0 Å². The molecule has 1 atom stereocenters. The third kappa shape index (κ3) is 2.38. The molecule has 2 aliphatic heterocycles. The second kappa shape index (κ2) is 7.26. The fourth-order valence-electron chi connectivity index (χ4n) is 6.55. The van der Waals surface area contributed by atoms with Gasteiger partial charge in [0.2, 0.25) is 0 Å². The van der Waals surface area contributed by atoms with Crippen molar-refractivity contribution in [3.05, 3.63) is 134 Å². The number of hydrogen-bond acceptors (Lipinski definition) is 2. The molecule has 1 unspecified atom stereocenters. The van der Waals surface area contributed by atoms with Crippen LogP contribution in [-0.4, -0.2) is 13.2 Å². The highest BCUT2D eigenvalue weighted by Crippen LogP contribution is 2.51. The molecule has 2 nitrogen and oxygen atoms in total. The minimum atomic E-state index is -2.74. The van der Waals surface area contributed by atoms with Gasteiger partial charge in [0, 0.05) is 28.4 Å². The zero-order valence-electron chi connectivity index (χ0n) is 19.6. The molecule has 0 amide bonds. The summed E-state index contributed by atoms with van der Waals surface area (Å²) in [5.74, 6) is 0. The Kier molecular flexibility index (Phi) is 3.99. The number of anilines is 2. The van der Waals surface area contributed by atoms with Crippen molar-refractivity contribution in [1.82, 2.24) is 4.98 Å². The van der Waals surface area contributed by atoms with E-state index in [1.807, 2.05) is 6.20 Å². The van der Waals surface area contributed by atoms with Gasteiger partial charge in [0.05, 0.1) is 11.9 Å². The Bertz CT molecular complexity index is 1810. The Labute approximate surface area is 211 Å². The van der Waals surface area contributed by atoms with E-state index in [4.69, 9.17) is 0 Å². The first kappa shape index (κ1) is 19.8. The maximum absolute atomic E-state index is 4.68. The van der Waals surface area contributed by atoms with E-state index in [2.05, 4.69) is 137 Å². The number of pyridine rings is 1. The molecule has 0 aliphatic carbocycles. The lowest BCUT2D eigenvalue weighted by Gasteiger charge is -2.52. The first-order valence-electron chi connectivity index (χ1n) is 12.4. The van der Waals surface area contributed by atoms with Crippen LogP contribution in [-0.2, 0) is 0 Å². The molecular formula is C33H22N2Si. The van der Waals surface area contributed by atoms with Crippen LogP contribution in [0.1, 0.15) is 0 Å². The zero-order valence-corrected chi connectivity index (χ0v) is 20.6. The Morgan fingerprint density at radius 3 is 2.00 bits per heavy atom. The number of nitrogens with zero attached hydrogens (tertiary/aromatic N) is 2. The molecule has 168 valence electrons. The molecule has 0 saturated heterocycles. The van der Waals surface area contributed by atoms with E-state index in [1.54, 1.807) is 0 Å². The van der Waals surface area contributed by atoms with E-state index in [0.29, 0.717) is 0 Å². The maximum atomic E-state index is 4.68. The molecule has 5 aromatic carbocycles. The first-order chi connectivity index (χ1) is 17.9. The zero-order chi connectivity index (χ0) is 23.7. The van der Waals surface area contributed by atoms with Crippen LogP contribution in [0.15, 0.2) is 134 Å².